The van der Waals surface area contributed by atoms with Gasteiger partial charge in [-0.15, -0.1) is 0 Å². The molecule has 0 saturated heterocycles. The van der Waals surface area contributed by atoms with Crippen LogP contribution in [0.4, 0.5) is 4.39 Å². The number of benzene rings is 1. The lowest BCUT2D eigenvalue weighted by Crippen LogP contribution is -2.19. The Morgan fingerprint density at radius 2 is 1.74 bits per heavy atom. The molecule has 3 N–H and O–H groups in total. The van der Waals surface area contributed by atoms with E-state index in [2.05, 4.69) is 25.7 Å². The number of hydrogen-bond acceptors (Lipinski definition) is 8. The summed E-state index contributed by atoms with van der Waals surface area (Å²) in [7, 11) is 0.210. The topological polar surface area (TPSA) is 128 Å². The predicted octanol–water partition coefficient (Wildman–Crippen LogP) is 7.33. The quantitative estimate of drug-likeness (QED) is 0.0806. The highest BCUT2D eigenvalue weighted by Crippen LogP contribution is 2.40. The Morgan fingerprint density at radius 1 is 1.07 bits per heavy atom. The van der Waals surface area contributed by atoms with Crippen LogP contribution in [0.25, 0.3) is 17.2 Å². The molecule has 11 heteroatoms. The molecule has 0 spiro atoms. The summed E-state index contributed by atoms with van der Waals surface area (Å²) in [4.78, 5) is 16.1. The fourth-order valence-electron chi connectivity index (χ4n) is 4.83. The van der Waals surface area contributed by atoms with Crippen LogP contribution < -0.4 is 0 Å². The van der Waals surface area contributed by atoms with E-state index in [0.717, 1.165) is 22.5 Å². The third-order valence-corrected chi connectivity index (χ3v) is 8.11. The van der Waals surface area contributed by atoms with Crippen molar-refractivity contribution in [2.24, 2.45) is 0 Å². The van der Waals surface area contributed by atoms with Crippen molar-refractivity contribution in [1.29, 1.82) is 0 Å². The van der Waals surface area contributed by atoms with Gasteiger partial charge in [0.05, 0.1) is 50.8 Å². The predicted molar refractivity (Wildman–Crippen MR) is 179 cm³/mol. The summed E-state index contributed by atoms with van der Waals surface area (Å²) in [6, 6.07) is 4.50. The number of unbranched alkanes of at least 4 members (excludes halogenated alkanes) is 1. The maximum Gasteiger partial charge on any atom is 0.332 e. The molecule has 2 rings (SSSR count). The molecule has 0 aliphatic rings. The van der Waals surface area contributed by atoms with Gasteiger partial charge in [-0.25, -0.2) is 4.39 Å². The van der Waals surface area contributed by atoms with Gasteiger partial charge < -0.3 is 33.6 Å². The van der Waals surface area contributed by atoms with E-state index >= 15 is 0 Å². The van der Waals surface area contributed by atoms with Gasteiger partial charge in [0.25, 0.3) is 0 Å². The van der Waals surface area contributed by atoms with Gasteiger partial charge in [-0.3, -0.25) is 9.78 Å². The number of aliphatic hydroxyl groups is 2. The molecule has 0 fully saturated rings. The van der Waals surface area contributed by atoms with Gasteiger partial charge in [0.2, 0.25) is 0 Å². The summed E-state index contributed by atoms with van der Waals surface area (Å²) < 4.78 is 37.0. The molecule has 0 saturated carbocycles. The molecule has 1 aromatic carbocycles. The average Bonchev–Trinajstić information content (AvgIpc) is 2.97. The molecule has 0 aliphatic heterocycles. The standard InChI is InChI=1S/C35H49FNO8P/c1-8-43-46(44-9-2)45-18-12-10-11-13-25-19-26(36)14-16-29(25)33-30(17-15-27(38)20-28(39)21-32(40)41)34(23(3)4)37-35(24(5)6)31(33)22-42-7/h14-17,19,23-24,27-28,38-39H,8-10,12,18,20-22H2,1-7H3,(H,40,41)/t27-,28-/m1/s1. The summed E-state index contributed by atoms with van der Waals surface area (Å²) in [6.07, 6.45) is 1.47. The molecule has 2 atom stereocenters. The number of ether oxygens (including phenoxy) is 1. The molecule has 0 amide bonds. The van der Waals surface area contributed by atoms with Gasteiger partial charge in [0, 0.05) is 42.3 Å². The second-order valence-corrected chi connectivity index (χ2v) is 12.5. The first kappa shape index (κ1) is 39.4. The minimum Gasteiger partial charge on any atom is -0.481 e. The Hall–Kier alpha value is -2.74. The molecule has 254 valence electrons. The lowest BCUT2D eigenvalue weighted by Gasteiger charge is -2.24. The van der Waals surface area contributed by atoms with Gasteiger partial charge in [0.15, 0.2) is 0 Å². The van der Waals surface area contributed by atoms with E-state index in [-0.39, 0.29) is 24.9 Å². The number of pyridine rings is 1. The van der Waals surface area contributed by atoms with Crippen molar-refractivity contribution >= 4 is 20.6 Å². The van der Waals surface area contributed by atoms with Crippen molar-refractivity contribution in [2.45, 2.75) is 97.9 Å². The summed E-state index contributed by atoms with van der Waals surface area (Å²) in [6.45, 7) is 13.5. The monoisotopic (exact) mass is 661 g/mol. The molecule has 0 radical (unpaired) electrons. The number of rotatable bonds is 19. The highest BCUT2D eigenvalue weighted by atomic mass is 31.2. The molecular weight excluding hydrogens is 612 g/mol. The first-order valence-corrected chi connectivity index (χ1v) is 16.8. The van der Waals surface area contributed by atoms with E-state index < -0.39 is 39.0 Å². The number of hydrogen-bond donors (Lipinski definition) is 3. The van der Waals surface area contributed by atoms with Crippen molar-refractivity contribution in [3.63, 3.8) is 0 Å². The van der Waals surface area contributed by atoms with Crippen LogP contribution in [0.3, 0.4) is 0 Å². The molecule has 0 aliphatic carbocycles. The lowest BCUT2D eigenvalue weighted by atomic mass is 9.85. The number of methoxy groups -OCH3 is 1. The minimum absolute atomic E-state index is 0.0175. The number of halogens is 1. The minimum atomic E-state index is -1.39. The fourth-order valence-corrected chi connectivity index (χ4v) is 5.75. The molecule has 1 heterocycles. The fraction of sp³-hybridized carbons (Fsp3) is 0.543. The zero-order valence-corrected chi connectivity index (χ0v) is 28.9. The van der Waals surface area contributed by atoms with Gasteiger partial charge in [-0.1, -0.05) is 57.8 Å². The second-order valence-electron chi connectivity index (χ2n) is 11.3. The zero-order valence-electron chi connectivity index (χ0n) is 28.0. The Kier molecular flexibility index (Phi) is 17.6. The normalized spacial score (nSPS) is 13.1. The van der Waals surface area contributed by atoms with E-state index in [1.807, 2.05) is 27.7 Å². The number of aliphatic carboxylic acids is 1. The van der Waals surface area contributed by atoms with Crippen LogP contribution in [-0.4, -0.2) is 65.4 Å². The second kappa shape index (κ2) is 20.5. The lowest BCUT2D eigenvalue weighted by molar-refractivity contribution is -0.139. The van der Waals surface area contributed by atoms with Crippen molar-refractivity contribution in [3.8, 4) is 23.0 Å². The Bertz CT molecular complexity index is 1350. The number of carboxylic acids is 1. The number of aromatic nitrogens is 1. The van der Waals surface area contributed by atoms with Gasteiger partial charge >= 0.3 is 14.6 Å². The largest absolute Gasteiger partial charge is 0.481 e. The SMILES string of the molecule is CCOP(OCC)OCCCC#Cc1cc(F)ccc1-c1c(C=C[C@@H](O)C[C@@H](O)CC(=O)O)c(C(C)C)nc(C(C)C)c1COC. The van der Waals surface area contributed by atoms with E-state index in [1.54, 1.807) is 19.3 Å². The summed E-state index contributed by atoms with van der Waals surface area (Å²) in [5.41, 5.74) is 5.10. The third-order valence-electron chi connectivity index (χ3n) is 6.77. The Morgan fingerprint density at radius 3 is 2.33 bits per heavy atom. The molecule has 1 aromatic heterocycles. The van der Waals surface area contributed by atoms with Crippen LogP contribution >= 0.6 is 8.60 Å². The maximum atomic E-state index is 14.7. The molecule has 9 nitrogen and oxygen atoms in total. The van der Waals surface area contributed by atoms with Crippen molar-refractivity contribution < 1.29 is 42.8 Å². The molecule has 0 unspecified atom stereocenters. The number of nitrogens with zero attached hydrogens (tertiary/aromatic N) is 1. The smallest absolute Gasteiger partial charge is 0.332 e. The maximum absolute atomic E-state index is 14.7. The van der Waals surface area contributed by atoms with E-state index in [1.165, 1.54) is 18.2 Å². The number of aliphatic hydroxyl groups excluding tert-OH is 2. The first-order valence-electron chi connectivity index (χ1n) is 15.7. The summed E-state index contributed by atoms with van der Waals surface area (Å²) in [5, 5.41) is 29.8. The summed E-state index contributed by atoms with van der Waals surface area (Å²) in [5.74, 6) is 4.78. The molecule has 2 aromatic rings. The van der Waals surface area contributed by atoms with Gasteiger partial charge in [-0.05, 0) is 55.4 Å². The van der Waals surface area contributed by atoms with Gasteiger partial charge in [-0.2, -0.15) is 0 Å². The van der Waals surface area contributed by atoms with Gasteiger partial charge in [0.1, 0.15) is 5.82 Å². The number of carbonyl (C=O) groups is 1. The summed E-state index contributed by atoms with van der Waals surface area (Å²) >= 11 is 0. The van der Waals surface area contributed by atoms with Crippen LogP contribution in [0.1, 0.15) is 107 Å². The molecular formula is C35H49FNO8P. The van der Waals surface area contributed by atoms with E-state index in [4.69, 9.17) is 28.4 Å². The Labute approximate surface area is 274 Å². The third kappa shape index (κ3) is 12.5. The molecule has 0 bridgehead atoms. The highest BCUT2D eigenvalue weighted by Gasteiger charge is 2.24. The van der Waals surface area contributed by atoms with Crippen LogP contribution in [0.2, 0.25) is 0 Å². The highest BCUT2D eigenvalue weighted by molar-refractivity contribution is 7.41. The van der Waals surface area contributed by atoms with Crippen molar-refractivity contribution in [1.82, 2.24) is 4.98 Å². The van der Waals surface area contributed by atoms with Crippen molar-refractivity contribution in [2.75, 3.05) is 26.9 Å². The van der Waals surface area contributed by atoms with Crippen molar-refractivity contribution in [3.05, 3.63) is 58.2 Å². The zero-order chi connectivity index (χ0) is 34.2. The van der Waals surface area contributed by atoms with Crippen LogP contribution in [0.5, 0.6) is 0 Å². The first-order chi connectivity index (χ1) is 21.9. The van der Waals surface area contributed by atoms with E-state index in [0.29, 0.717) is 49.4 Å². The number of carboxylic acid groups (broad SMARTS) is 1. The van der Waals surface area contributed by atoms with Crippen LogP contribution in [-0.2, 0) is 29.7 Å². The Balaban J connectivity index is 2.63. The average molecular weight is 662 g/mol. The van der Waals surface area contributed by atoms with Crippen LogP contribution in [0, 0.1) is 17.7 Å². The van der Waals surface area contributed by atoms with Crippen LogP contribution in [0.15, 0.2) is 24.3 Å². The molecule has 46 heavy (non-hydrogen) atoms. The van der Waals surface area contributed by atoms with E-state index in [9.17, 15) is 19.4 Å².